The molecule has 0 aromatic heterocycles. The van der Waals surface area contributed by atoms with Crippen LogP contribution in [0.5, 0.6) is 0 Å². The van der Waals surface area contributed by atoms with Crippen molar-refractivity contribution in [1.29, 1.82) is 0 Å². The van der Waals surface area contributed by atoms with E-state index in [-0.39, 0.29) is 25.9 Å². The van der Waals surface area contributed by atoms with Gasteiger partial charge in [-0.15, -0.1) is 0 Å². The standard InChI is InChI=1S/C9H17NO6S2/c1-9(8(11)12)3-5-10(6-4-9)18(15,16)7-17(2,13)14/h3-7H2,1-2H3,(H,11,12). The number of hydrogen-bond donors (Lipinski definition) is 1. The molecule has 0 aliphatic carbocycles. The predicted molar refractivity (Wildman–Crippen MR) is 65.2 cm³/mol. The highest BCUT2D eigenvalue weighted by Gasteiger charge is 2.40. The molecule has 0 unspecified atom stereocenters. The summed E-state index contributed by atoms with van der Waals surface area (Å²) in [5.74, 6) is -0.956. The fraction of sp³-hybridized carbons (Fsp3) is 0.889. The molecule has 106 valence electrons. The first-order valence-corrected chi connectivity index (χ1v) is 9.02. The zero-order valence-corrected chi connectivity index (χ0v) is 11.9. The Hall–Kier alpha value is -0.670. The fourth-order valence-electron chi connectivity index (χ4n) is 1.82. The molecule has 1 rings (SSSR count). The van der Waals surface area contributed by atoms with Crippen molar-refractivity contribution in [3.8, 4) is 0 Å². The second kappa shape index (κ2) is 4.78. The smallest absolute Gasteiger partial charge is 0.309 e. The lowest BCUT2D eigenvalue weighted by atomic mass is 9.81. The molecule has 0 aromatic carbocycles. The van der Waals surface area contributed by atoms with Gasteiger partial charge in [-0.1, -0.05) is 0 Å². The van der Waals surface area contributed by atoms with Crippen LogP contribution < -0.4 is 0 Å². The summed E-state index contributed by atoms with van der Waals surface area (Å²) in [5.41, 5.74) is -0.933. The van der Waals surface area contributed by atoms with Gasteiger partial charge < -0.3 is 5.11 Å². The topological polar surface area (TPSA) is 109 Å². The van der Waals surface area contributed by atoms with E-state index in [4.69, 9.17) is 5.11 Å². The zero-order valence-electron chi connectivity index (χ0n) is 10.3. The minimum atomic E-state index is -3.86. The van der Waals surface area contributed by atoms with E-state index >= 15 is 0 Å². The minimum Gasteiger partial charge on any atom is -0.481 e. The van der Waals surface area contributed by atoms with Gasteiger partial charge in [-0.3, -0.25) is 4.79 Å². The third-order valence-corrected chi connectivity index (χ3v) is 7.15. The molecular formula is C9H17NO6S2. The Bertz CT molecular complexity index is 527. The van der Waals surface area contributed by atoms with Gasteiger partial charge >= 0.3 is 5.97 Å². The van der Waals surface area contributed by atoms with E-state index in [0.29, 0.717) is 0 Å². The Balaban J connectivity index is 2.78. The van der Waals surface area contributed by atoms with Gasteiger partial charge in [0, 0.05) is 19.3 Å². The van der Waals surface area contributed by atoms with Crippen LogP contribution in [0, 0.1) is 5.41 Å². The summed E-state index contributed by atoms with van der Waals surface area (Å²) in [7, 11) is -7.49. The first kappa shape index (κ1) is 15.4. The highest BCUT2D eigenvalue weighted by Crippen LogP contribution is 2.32. The first-order valence-electron chi connectivity index (χ1n) is 5.35. The number of carboxylic acid groups (broad SMARTS) is 1. The van der Waals surface area contributed by atoms with Gasteiger partial charge in [0.1, 0.15) is 0 Å². The number of sulfonamides is 1. The third-order valence-electron chi connectivity index (χ3n) is 3.10. The average Bonchev–Trinajstić information content (AvgIpc) is 2.14. The van der Waals surface area contributed by atoms with Crippen molar-refractivity contribution >= 4 is 25.8 Å². The lowest BCUT2D eigenvalue weighted by molar-refractivity contribution is -0.150. The average molecular weight is 299 g/mol. The lowest BCUT2D eigenvalue weighted by Gasteiger charge is -2.35. The highest BCUT2D eigenvalue weighted by atomic mass is 32.3. The summed E-state index contributed by atoms with van der Waals surface area (Å²) < 4.78 is 46.7. The molecule has 1 saturated heterocycles. The fourth-order valence-corrected chi connectivity index (χ4v) is 5.32. The van der Waals surface area contributed by atoms with Crippen LogP contribution in [-0.4, -0.2) is 56.6 Å². The Morgan fingerprint density at radius 1 is 1.22 bits per heavy atom. The Labute approximate surface area is 107 Å². The largest absolute Gasteiger partial charge is 0.481 e. The summed E-state index contributed by atoms with van der Waals surface area (Å²) in [5, 5.41) is 8.08. The normalized spacial score (nSPS) is 21.7. The molecule has 0 amide bonds. The van der Waals surface area contributed by atoms with E-state index in [9.17, 15) is 21.6 Å². The van der Waals surface area contributed by atoms with Crippen LogP contribution in [0.2, 0.25) is 0 Å². The molecule has 1 aliphatic heterocycles. The molecule has 1 N–H and O–H groups in total. The Morgan fingerprint density at radius 3 is 2.00 bits per heavy atom. The molecule has 0 spiro atoms. The van der Waals surface area contributed by atoms with E-state index in [1.54, 1.807) is 6.92 Å². The van der Waals surface area contributed by atoms with Crippen molar-refractivity contribution < 1.29 is 26.7 Å². The van der Waals surface area contributed by atoms with Crippen LogP contribution in [0.3, 0.4) is 0 Å². The van der Waals surface area contributed by atoms with Gasteiger partial charge in [0.2, 0.25) is 10.0 Å². The molecule has 1 aliphatic rings. The second-order valence-electron chi connectivity index (χ2n) is 4.92. The van der Waals surface area contributed by atoms with Crippen molar-refractivity contribution in [3.05, 3.63) is 0 Å². The number of carbonyl (C=O) groups is 1. The molecular weight excluding hydrogens is 282 g/mol. The van der Waals surface area contributed by atoms with E-state index in [1.165, 1.54) is 0 Å². The summed E-state index contributed by atoms with van der Waals surface area (Å²) in [6.45, 7) is 1.65. The number of aliphatic carboxylic acids is 1. The minimum absolute atomic E-state index is 0.0423. The molecule has 18 heavy (non-hydrogen) atoms. The van der Waals surface area contributed by atoms with Crippen LogP contribution in [0.15, 0.2) is 0 Å². The number of rotatable bonds is 4. The zero-order chi connectivity index (χ0) is 14.2. The molecule has 0 atom stereocenters. The maximum absolute atomic E-state index is 11.8. The van der Waals surface area contributed by atoms with Crippen molar-refractivity contribution in [2.45, 2.75) is 19.8 Å². The van der Waals surface area contributed by atoms with E-state index in [2.05, 4.69) is 0 Å². The highest BCUT2D eigenvalue weighted by molar-refractivity contribution is 8.06. The second-order valence-corrected chi connectivity index (χ2v) is 9.39. The molecule has 0 aromatic rings. The molecule has 0 saturated carbocycles. The number of carboxylic acids is 1. The molecule has 0 radical (unpaired) electrons. The summed E-state index contributed by atoms with van der Waals surface area (Å²) in [4.78, 5) is 11.0. The van der Waals surface area contributed by atoms with Crippen molar-refractivity contribution in [3.63, 3.8) is 0 Å². The van der Waals surface area contributed by atoms with Crippen molar-refractivity contribution in [2.24, 2.45) is 5.41 Å². The number of nitrogens with zero attached hydrogens (tertiary/aromatic N) is 1. The lowest BCUT2D eigenvalue weighted by Crippen LogP contribution is -2.46. The van der Waals surface area contributed by atoms with Crippen LogP contribution in [0.4, 0.5) is 0 Å². The third kappa shape index (κ3) is 3.66. The van der Waals surface area contributed by atoms with Gasteiger partial charge in [-0.25, -0.2) is 21.1 Å². The molecule has 1 fully saturated rings. The molecule has 1 heterocycles. The van der Waals surface area contributed by atoms with E-state index in [1.807, 2.05) is 0 Å². The van der Waals surface area contributed by atoms with Gasteiger partial charge in [0.15, 0.2) is 14.9 Å². The number of hydrogen-bond acceptors (Lipinski definition) is 5. The van der Waals surface area contributed by atoms with Gasteiger partial charge in [0.25, 0.3) is 0 Å². The number of sulfone groups is 1. The molecule has 9 heteroatoms. The quantitative estimate of drug-likeness (QED) is 0.750. The maximum Gasteiger partial charge on any atom is 0.309 e. The summed E-state index contributed by atoms with van der Waals surface area (Å²) in [6, 6.07) is 0. The first-order chi connectivity index (χ1) is 7.96. The Kier molecular flexibility index (Phi) is 4.09. The molecule has 0 bridgehead atoms. The van der Waals surface area contributed by atoms with Gasteiger partial charge in [-0.05, 0) is 19.8 Å². The van der Waals surface area contributed by atoms with Crippen LogP contribution in [0.25, 0.3) is 0 Å². The SMILES string of the molecule is CC1(C(=O)O)CCN(S(=O)(=O)CS(C)(=O)=O)CC1. The van der Waals surface area contributed by atoms with E-state index in [0.717, 1.165) is 10.6 Å². The van der Waals surface area contributed by atoms with Crippen LogP contribution >= 0.6 is 0 Å². The van der Waals surface area contributed by atoms with Gasteiger partial charge in [0.05, 0.1) is 5.41 Å². The Morgan fingerprint density at radius 2 is 1.67 bits per heavy atom. The van der Waals surface area contributed by atoms with E-state index < -0.39 is 36.3 Å². The summed E-state index contributed by atoms with van der Waals surface area (Å²) in [6.07, 6.45) is 1.23. The maximum atomic E-state index is 11.8. The monoisotopic (exact) mass is 299 g/mol. The van der Waals surface area contributed by atoms with Crippen LogP contribution in [-0.2, 0) is 24.7 Å². The van der Waals surface area contributed by atoms with Gasteiger partial charge in [-0.2, -0.15) is 0 Å². The predicted octanol–water partition coefficient (Wildman–Crippen LogP) is -0.495. The van der Waals surface area contributed by atoms with Crippen LogP contribution in [0.1, 0.15) is 19.8 Å². The number of piperidine rings is 1. The van der Waals surface area contributed by atoms with Crippen molar-refractivity contribution in [2.75, 3.05) is 24.4 Å². The van der Waals surface area contributed by atoms with Crippen molar-refractivity contribution in [1.82, 2.24) is 4.31 Å². The summed E-state index contributed by atoms with van der Waals surface area (Å²) >= 11 is 0. The molecule has 7 nitrogen and oxygen atoms in total.